The molecule has 0 spiro atoms. The summed E-state index contributed by atoms with van der Waals surface area (Å²) in [4.78, 5) is 14.9. The Balaban J connectivity index is 1.33. The zero-order valence-corrected chi connectivity index (χ0v) is 16.9. The Morgan fingerprint density at radius 3 is 2.33 bits per heavy atom. The van der Waals surface area contributed by atoms with Crippen molar-refractivity contribution in [3.05, 3.63) is 65.2 Å². The maximum atomic E-state index is 12.5. The van der Waals surface area contributed by atoms with Crippen LogP contribution in [0.4, 0.5) is 5.69 Å². The second kappa shape index (κ2) is 9.15. The van der Waals surface area contributed by atoms with Crippen LogP contribution in [0.2, 0.25) is 0 Å². The largest absolute Gasteiger partial charge is 0.379 e. The molecule has 0 aliphatic carbocycles. The first kappa shape index (κ1) is 18.9. The Kier molecular flexibility index (Phi) is 6.39. The number of carbonyl (C=O) groups is 1. The lowest BCUT2D eigenvalue weighted by molar-refractivity contribution is 0.0342. The topological polar surface area (TPSA) is 41.6 Å². The van der Waals surface area contributed by atoms with E-state index >= 15 is 0 Å². The number of ether oxygens (including phenoxy) is 1. The van der Waals surface area contributed by atoms with Crippen LogP contribution in [-0.2, 0) is 11.3 Å². The fourth-order valence-electron chi connectivity index (χ4n) is 3.26. The summed E-state index contributed by atoms with van der Waals surface area (Å²) in [5.41, 5.74) is 4.08. The molecule has 2 fully saturated rings. The van der Waals surface area contributed by atoms with Gasteiger partial charge in [0.25, 0.3) is 5.91 Å². The van der Waals surface area contributed by atoms with Gasteiger partial charge in [0.1, 0.15) is 0 Å². The molecular weight excluding hydrogens is 376 g/mol. The fraction of sp³-hybridized carbons (Fsp3) is 0.381. The highest BCUT2D eigenvalue weighted by atomic mass is 32.2. The summed E-state index contributed by atoms with van der Waals surface area (Å²) in [5, 5.41) is 3.00. The number of morpholine rings is 1. The highest BCUT2D eigenvalue weighted by Gasteiger charge is 2.18. The molecule has 0 saturated carbocycles. The maximum absolute atomic E-state index is 12.5. The average molecular weight is 401 g/mol. The molecule has 0 atom stereocenters. The van der Waals surface area contributed by atoms with E-state index in [0.717, 1.165) is 38.5 Å². The van der Waals surface area contributed by atoms with Crippen molar-refractivity contribution >= 4 is 35.1 Å². The Labute approximate surface area is 169 Å². The highest BCUT2D eigenvalue weighted by molar-refractivity contribution is 8.19. The molecule has 6 heteroatoms. The SMILES string of the molecule is O=C(Nc1ccc(CN2CCOCC2)cc1)c1ccc(C2SCCS2)cc1. The molecule has 2 aliphatic rings. The number of anilines is 1. The van der Waals surface area contributed by atoms with E-state index in [1.54, 1.807) is 0 Å². The van der Waals surface area contributed by atoms with Gasteiger partial charge in [-0.25, -0.2) is 0 Å². The predicted octanol–water partition coefficient (Wildman–Crippen LogP) is 4.25. The van der Waals surface area contributed by atoms with Crippen molar-refractivity contribution in [3.8, 4) is 0 Å². The summed E-state index contributed by atoms with van der Waals surface area (Å²) in [6.07, 6.45) is 0. The van der Waals surface area contributed by atoms with Crippen molar-refractivity contribution in [3.63, 3.8) is 0 Å². The quantitative estimate of drug-likeness (QED) is 0.813. The zero-order chi connectivity index (χ0) is 18.5. The summed E-state index contributed by atoms with van der Waals surface area (Å²) in [5.74, 6) is 2.35. The number of hydrogen-bond acceptors (Lipinski definition) is 5. The number of amides is 1. The van der Waals surface area contributed by atoms with E-state index in [4.69, 9.17) is 4.74 Å². The standard InChI is InChI=1S/C21H24N2O2S2/c24-20(17-3-5-18(6-4-17)21-26-13-14-27-21)22-19-7-1-16(2-8-19)15-23-9-11-25-12-10-23/h1-8,21H,9-15H2,(H,22,24). The Morgan fingerprint density at radius 2 is 1.67 bits per heavy atom. The van der Waals surface area contributed by atoms with Crippen molar-refractivity contribution < 1.29 is 9.53 Å². The van der Waals surface area contributed by atoms with Gasteiger partial charge < -0.3 is 10.1 Å². The van der Waals surface area contributed by atoms with Crippen molar-refractivity contribution in [2.75, 3.05) is 43.1 Å². The smallest absolute Gasteiger partial charge is 0.255 e. The highest BCUT2D eigenvalue weighted by Crippen LogP contribution is 2.45. The number of hydrogen-bond donors (Lipinski definition) is 1. The fourth-order valence-corrected chi connectivity index (χ4v) is 6.12. The minimum absolute atomic E-state index is 0.0609. The van der Waals surface area contributed by atoms with Gasteiger partial charge in [0.15, 0.2) is 0 Å². The van der Waals surface area contributed by atoms with E-state index in [9.17, 15) is 4.79 Å². The van der Waals surface area contributed by atoms with E-state index < -0.39 is 0 Å². The van der Waals surface area contributed by atoms with Crippen LogP contribution in [0, 0.1) is 0 Å². The normalized spacial score (nSPS) is 18.5. The van der Waals surface area contributed by atoms with E-state index in [1.807, 2.05) is 47.8 Å². The van der Waals surface area contributed by atoms with Crippen molar-refractivity contribution in [1.82, 2.24) is 4.90 Å². The van der Waals surface area contributed by atoms with Crippen molar-refractivity contribution in [2.45, 2.75) is 11.1 Å². The Bertz CT molecular complexity index is 753. The molecule has 27 heavy (non-hydrogen) atoms. The number of nitrogens with zero attached hydrogens (tertiary/aromatic N) is 1. The predicted molar refractivity (Wildman–Crippen MR) is 115 cm³/mol. The van der Waals surface area contributed by atoms with Crippen LogP contribution in [0.3, 0.4) is 0 Å². The molecule has 1 N–H and O–H groups in total. The minimum atomic E-state index is -0.0609. The number of nitrogens with one attached hydrogen (secondary N) is 1. The molecule has 0 unspecified atom stereocenters. The molecule has 0 aromatic heterocycles. The molecule has 0 bridgehead atoms. The summed E-state index contributed by atoms with van der Waals surface area (Å²) >= 11 is 3.96. The first-order valence-corrected chi connectivity index (χ1v) is 11.4. The first-order chi connectivity index (χ1) is 13.3. The second-order valence-electron chi connectivity index (χ2n) is 6.74. The van der Waals surface area contributed by atoms with Crippen LogP contribution >= 0.6 is 23.5 Å². The summed E-state index contributed by atoms with van der Waals surface area (Å²) in [7, 11) is 0. The monoisotopic (exact) mass is 400 g/mol. The molecule has 2 heterocycles. The van der Waals surface area contributed by atoms with Crippen LogP contribution in [0.25, 0.3) is 0 Å². The summed E-state index contributed by atoms with van der Waals surface area (Å²) in [6.45, 7) is 4.51. The minimum Gasteiger partial charge on any atom is -0.379 e. The maximum Gasteiger partial charge on any atom is 0.255 e. The van der Waals surface area contributed by atoms with E-state index in [2.05, 4.69) is 34.5 Å². The molecule has 2 aliphatic heterocycles. The van der Waals surface area contributed by atoms with Gasteiger partial charge in [-0.05, 0) is 35.4 Å². The molecule has 0 radical (unpaired) electrons. The lowest BCUT2D eigenvalue weighted by Gasteiger charge is -2.26. The third-order valence-electron chi connectivity index (χ3n) is 4.79. The van der Waals surface area contributed by atoms with E-state index in [1.165, 1.54) is 22.6 Å². The average Bonchev–Trinajstić information content (AvgIpc) is 3.25. The van der Waals surface area contributed by atoms with Crippen LogP contribution < -0.4 is 5.32 Å². The number of carbonyl (C=O) groups excluding carboxylic acids is 1. The van der Waals surface area contributed by atoms with Crippen LogP contribution in [0.15, 0.2) is 48.5 Å². The number of benzene rings is 2. The van der Waals surface area contributed by atoms with Crippen molar-refractivity contribution in [1.29, 1.82) is 0 Å². The molecule has 142 valence electrons. The first-order valence-electron chi connectivity index (χ1n) is 9.31. The molecular formula is C21H24N2O2S2. The number of rotatable bonds is 5. The van der Waals surface area contributed by atoms with E-state index in [-0.39, 0.29) is 5.91 Å². The van der Waals surface area contributed by atoms with Crippen LogP contribution in [0.5, 0.6) is 0 Å². The summed E-state index contributed by atoms with van der Waals surface area (Å²) in [6, 6.07) is 16.1. The van der Waals surface area contributed by atoms with Gasteiger partial charge in [-0.3, -0.25) is 9.69 Å². The van der Waals surface area contributed by atoms with Gasteiger partial charge >= 0.3 is 0 Å². The second-order valence-corrected chi connectivity index (χ2v) is 9.46. The van der Waals surface area contributed by atoms with Crippen LogP contribution in [0.1, 0.15) is 26.1 Å². The lowest BCUT2D eigenvalue weighted by atomic mass is 10.1. The third-order valence-corrected chi connectivity index (χ3v) is 7.89. The zero-order valence-electron chi connectivity index (χ0n) is 15.2. The Hall–Kier alpha value is -1.47. The summed E-state index contributed by atoms with van der Waals surface area (Å²) < 4.78 is 5.90. The van der Waals surface area contributed by atoms with E-state index in [0.29, 0.717) is 10.1 Å². The molecule has 2 aromatic rings. The molecule has 4 nitrogen and oxygen atoms in total. The van der Waals surface area contributed by atoms with Gasteiger partial charge in [0, 0.05) is 42.4 Å². The van der Waals surface area contributed by atoms with Crippen molar-refractivity contribution in [2.24, 2.45) is 0 Å². The lowest BCUT2D eigenvalue weighted by Crippen LogP contribution is -2.35. The van der Waals surface area contributed by atoms with Gasteiger partial charge in [0.2, 0.25) is 0 Å². The van der Waals surface area contributed by atoms with Crippen LogP contribution in [-0.4, -0.2) is 48.6 Å². The molecule has 2 aromatic carbocycles. The van der Waals surface area contributed by atoms with Gasteiger partial charge in [-0.1, -0.05) is 24.3 Å². The van der Waals surface area contributed by atoms with Gasteiger partial charge in [-0.2, -0.15) is 0 Å². The molecule has 1 amide bonds. The Morgan fingerprint density at radius 1 is 1.00 bits per heavy atom. The van der Waals surface area contributed by atoms with Gasteiger partial charge in [0.05, 0.1) is 17.8 Å². The van der Waals surface area contributed by atoms with Gasteiger partial charge in [-0.15, -0.1) is 23.5 Å². The molecule has 2 saturated heterocycles. The third kappa shape index (κ3) is 5.08. The number of thioether (sulfide) groups is 2. The molecule has 4 rings (SSSR count).